The van der Waals surface area contributed by atoms with E-state index >= 15 is 0 Å². The van der Waals surface area contributed by atoms with E-state index < -0.39 is 6.10 Å². The zero-order chi connectivity index (χ0) is 25.3. The Balaban J connectivity index is 1.45. The van der Waals surface area contributed by atoms with Gasteiger partial charge in [0.25, 0.3) is 5.91 Å². The van der Waals surface area contributed by atoms with E-state index in [9.17, 15) is 9.59 Å². The summed E-state index contributed by atoms with van der Waals surface area (Å²) in [7, 11) is 3.16. The first-order valence-corrected chi connectivity index (χ1v) is 11.8. The van der Waals surface area contributed by atoms with Gasteiger partial charge in [-0.2, -0.15) is 0 Å². The van der Waals surface area contributed by atoms with Crippen LogP contribution in [0.15, 0.2) is 72.8 Å². The van der Waals surface area contributed by atoms with Crippen LogP contribution in [-0.2, 0) is 22.6 Å². The number of methoxy groups -OCH3 is 2. The van der Waals surface area contributed by atoms with E-state index in [1.54, 1.807) is 26.4 Å². The van der Waals surface area contributed by atoms with Gasteiger partial charge in [0, 0.05) is 13.1 Å². The fourth-order valence-electron chi connectivity index (χ4n) is 3.94. The van der Waals surface area contributed by atoms with Crippen molar-refractivity contribution in [2.24, 2.45) is 0 Å². The predicted molar refractivity (Wildman–Crippen MR) is 134 cm³/mol. The maximum absolute atomic E-state index is 13.5. The molecule has 0 fully saturated rings. The molecule has 1 heterocycles. The molecule has 0 aliphatic carbocycles. The largest absolute Gasteiger partial charge is 0.493 e. The van der Waals surface area contributed by atoms with Crippen LogP contribution in [0.2, 0.25) is 0 Å². The predicted octanol–water partition coefficient (Wildman–Crippen LogP) is 3.23. The van der Waals surface area contributed by atoms with Gasteiger partial charge in [0.1, 0.15) is 6.61 Å². The Bertz CT molecular complexity index is 1180. The SMILES string of the molecule is COc1ccc(CCN(CC(=O)NCc2ccccc2)C(=O)C2COc3ccccc3O2)cc1OC. The summed E-state index contributed by atoms with van der Waals surface area (Å²) in [6.45, 7) is 0.678. The minimum Gasteiger partial charge on any atom is -0.493 e. The summed E-state index contributed by atoms with van der Waals surface area (Å²) in [5.41, 5.74) is 1.93. The summed E-state index contributed by atoms with van der Waals surface area (Å²) >= 11 is 0. The quantitative estimate of drug-likeness (QED) is 0.470. The average molecular weight is 491 g/mol. The highest BCUT2D eigenvalue weighted by atomic mass is 16.6. The lowest BCUT2D eigenvalue weighted by molar-refractivity contribution is -0.144. The summed E-state index contributed by atoms with van der Waals surface area (Å²) in [4.78, 5) is 27.8. The lowest BCUT2D eigenvalue weighted by atomic mass is 10.1. The van der Waals surface area contributed by atoms with Crippen molar-refractivity contribution in [3.05, 3.63) is 83.9 Å². The number of ether oxygens (including phenoxy) is 4. The van der Waals surface area contributed by atoms with E-state index in [1.807, 2.05) is 60.7 Å². The van der Waals surface area contributed by atoms with Gasteiger partial charge in [-0.25, -0.2) is 0 Å². The molecule has 8 nitrogen and oxygen atoms in total. The monoisotopic (exact) mass is 490 g/mol. The third-order valence-corrected chi connectivity index (χ3v) is 5.88. The lowest BCUT2D eigenvalue weighted by Crippen LogP contribution is -2.50. The number of fused-ring (bicyclic) bond motifs is 1. The molecule has 3 aromatic rings. The first-order valence-electron chi connectivity index (χ1n) is 11.8. The van der Waals surface area contributed by atoms with Gasteiger partial charge in [0.2, 0.25) is 12.0 Å². The molecule has 1 aliphatic rings. The van der Waals surface area contributed by atoms with E-state index in [2.05, 4.69) is 5.32 Å². The van der Waals surface area contributed by atoms with Crippen LogP contribution >= 0.6 is 0 Å². The Kier molecular flexibility index (Phi) is 8.28. The van der Waals surface area contributed by atoms with Gasteiger partial charge >= 0.3 is 0 Å². The van der Waals surface area contributed by atoms with Crippen LogP contribution in [-0.4, -0.2) is 56.7 Å². The third kappa shape index (κ3) is 6.27. The molecule has 0 spiro atoms. The average Bonchev–Trinajstić information content (AvgIpc) is 2.93. The number of rotatable bonds is 10. The van der Waals surface area contributed by atoms with E-state index in [-0.39, 0.29) is 25.0 Å². The Morgan fingerprint density at radius 3 is 2.39 bits per heavy atom. The number of nitrogens with one attached hydrogen (secondary N) is 1. The summed E-state index contributed by atoms with van der Waals surface area (Å²) < 4.78 is 22.4. The molecule has 188 valence electrons. The molecule has 1 aliphatic heterocycles. The van der Waals surface area contributed by atoms with Crippen molar-refractivity contribution in [3.8, 4) is 23.0 Å². The van der Waals surface area contributed by atoms with E-state index in [1.165, 1.54) is 4.90 Å². The molecule has 0 aromatic heterocycles. The Labute approximate surface area is 210 Å². The number of nitrogens with zero attached hydrogens (tertiary/aromatic N) is 1. The van der Waals surface area contributed by atoms with Crippen LogP contribution in [0.1, 0.15) is 11.1 Å². The van der Waals surface area contributed by atoms with Gasteiger partial charge in [0.15, 0.2) is 23.0 Å². The molecule has 8 heteroatoms. The van der Waals surface area contributed by atoms with Crippen LogP contribution in [0.25, 0.3) is 0 Å². The second kappa shape index (κ2) is 12.0. The summed E-state index contributed by atoms with van der Waals surface area (Å²) in [6.07, 6.45) is -0.324. The zero-order valence-electron chi connectivity index (χ0n) is 20.4. The van der Waals surface area contributed by atoms with Crippen molar-refractivity contribution in [2.45, 2.75) is 19.1 Å². The van der Waals surface area contributed by atoms with Crippen LogP contribution in [0, 0.1) is 0 Å². The molecular formula is C28H30N2O6. The van der Waals surface area contributed by atoms with E-state index in [4.69, 9.17) is 18.9 Å². The molecule has 0 radical (unpaired) electrons. The lowest BCUT2D eigenvalue weighted by Gasteiger charge is -2.30. The maximum atomic E-state index is 13.5. The van der Waals surface area contributed by atoms with Crippen molar-refractivity contribution in [1.82, 2.24) is 10.2 Å². The molecule has 0 bridgehead atoms. The molecule has 1 atom stereocenters. The first kappa shape index (κ1) is 24.9. The molecule has 0 saturated heterocycles. The standard InChI is InChI=1S/C28H30N2O6/c1-33-22-13-12-20(16-25(22)34-2)14-15-30(18-27(31)29-17-21-8-4-3-5-9-21)28(32)26-19-35-23-10-6-7-11-24(23)36-26/h3-13,16,26H,14-15,17-19H2,1-2H3,(H,29,31). The number of para-hydroxylation sites is 2. The first-order chi connectivity index (χ1) is 17.6. The number of carbonyl (C=O) groups excluding carboxylic acids is 2. The fourth-order valence-corrected chi connectivity index (χ4v) is 3.94. The van der Waals surface area contributed by atoms with Crippen molar-refractivity contribution < 1.29 is 28.5 Å². The number of hydrogen-bond donors (Lipinski definition) is 1. The molecule has 3 aromatic carbocycles. The zero-order valence-corrected chi connectivity index (χ0v) is 20.4. The maximum Gasteiger partial charge on any atom is 0.267 e. The molecule has 1 N–H and O–H groups in total. The number of benzene rings is 3. The number of amides is 2. The van der Waals surface area contributed by atoms with Crippen LogP contribution in [0.4, 0.5) is 0 Å². The van der Waals surface area contributed by atoms with Gasteiger partial charge < -0.3 is 29.2 Å². The second-order valence-corrected chi connectivity index (χ2v) is 8.33. The highest BCUT2D eigenvalue weighted by molar-refractivity contribution is 5.87. The Morgan fingerprint density at radius 2 is 1.64 bits per heavy atom. The summed E-state index contributed by atoms with van der Waals surface area (Å²) in [5, 5.41) is 2.89. The van der Waals surface area contributed by atoms with Crippen LogP contribution < -0.4 is 24.3 Å². The van der Waals surface area contributed by atoms with Crippen molar-refractivity contribution in [2.75, 3.05) is 33.9 Å². The summed E-state index contributed by atoms with van der Waals surface area (Å²) in [5.74, 6) is 1.78. The van der Waals surface area contributed by atoms with Crippen LogP contribution in [0.3, 0.4) is 0 Å². The van der Waals surface area contributed by atoms with Crippen molar-refractivity contribution in [1.29, 1.82) is 0 Å². The molecule has 36 heavy (non-hydrogen) atoms. The summed E-state index contributed by atoms with van der Waals surface area (Å²) in [6, 6.07) is 22.4. The van der Waals surface area contributed by atoms with E-state index in [0.717, 1.165) is 11.1 Å². The molecule has 0 saturated carbocycles. The van der Waals surface area contributed by atoms with E-state index in [0.29, 0.717) is 42.5 Å². The van der Waals surface area contributed by atoms with Gasteiger partial charge in [-0.3, -0.25) is 9.59 Å². The topological polar surface area (TPSA) is 86.3 Å². The van der Waals surface area contributed by atoms with Crippen LogP contribution in [0.5, 0.6) is 23.0 Å². The third-order valence-electron chi connectivity index (χ3n) is 5.88. The highest BCUT2D eigenvalue weighted by Crippen LogP contribution is 2.31. The Morgan fingerprint density at radius 1 is 0.917 bits per heavy atom. The second-order valence-electron chi connectivity index (χ2n) is 8.33. The van der Waals surface area contributed by atoms with Gasteiger partial charge in [-0.1, -0.05) is 48.5 Å². The highest BCUT2D eigenvalue weighted by Gasteiger charge is 2.32. The number of carbonyl (C=O) groups is 2. The molecule has 2 amide bonds. The normalized spacial score (nSPS) is 14.0. The molecular weight excluding hydrogens is 460 g/mol. The Hall–Kier alpha value is -4.20. The van der Waals surface area contributed by atoms with Gasteiger partial charge in [-0.15, -0.1) is 0 Å². The fraction of sp³-hybridized carbons (Fsp3) is 0.286. The molecule has 4 rings (SSSR count). The van der Waals surface area contributed by atoms with Crippen molar-refractivity contribution in [3.63, 3.8) is 0 Å². The minimum atomic E-state index is -0.841. The van der Waals surface area contributed by atoms with Gasteiger partial charge in [-0.05, 0) is 41.8 Å². The minimum absolute atomic E-state index is 0.0777. The number of hydrogen-bond acceptors (Lipinski definition) is 6. The smallest absolute Gasteiger partial charge is 0.267 e. The van der Waals surface area contributed by atoms with Crippen molar-refractivity contribution >= 4 is 11.8 Å². The van der Waals surface area contributed by atoms with Gasteiger partial charge in [0.05, 0.1) is 20.8 Å². The molecule has 1 unspecified atom stereocenters.